The summed E-state index contributed by atoms with van der Waals surface area (Å²) in [4.78, 5) is 24.5. The minimum absolute atomic E-state index is 0.0353. The molecule has 23 heavy (non-hydrogen) atoms. The van der Waals surface area contributed by atoms with Crippen LogP contribution < -0.4 is 10.2 Å². The van der Waals surface area contributed by atoms with E-state index < -0.39 is 0 Å². The maximum Gasteiger partial charge on any atom is 0.193 e. The second kappa shape index (κ2) is 6.38. The van der Waals surface area contributed by atoms with E-state index in [1.165, 1.54) is 13.2 Å². The number of rotatable bonds is 4. The molecule has 1 aromatic heterocycles. The van der Waals surface area contributed by atoms with Crippen LogP contribution >= 0.6 is 15.9 Å². The van der Waals surface area contributed by atoms with Gasteiger partial charge in [-0.15, -0.1) is 0 Å². The van der Waals surface area contributed by atoms with E-state index in [2.05, 4.69) is 15.9 Å². The molecule has 2 aromatic carbocycles. The van der Waals surface area contributed by atoms with Crippen LogP contribution in [0.4, 0.5) is 0 Å². The van der Waals surface area contributed by atoms with Crippen LogP contribution in [-0.2, 0) is 6.42 Å². The minimum Gasteiger partial charge on any atom is -0.495 e. The van der Waals surface area contributed by atoms with Crippen LogP contribution in [0, 0.1) is 0 Å². The van der Waals surface area contributed by atoms with E-state index in [0.29, 0.717) is 32.5 Å². The van der Waals surface area contributed by atoms with Crippen molar-refractivity contribution in [2.24, 2.45) is 0 Å². The van der Waals surface area contributed by atoms with E-state index in [4.69, 9.17) is 9.15 Å². The molecule has 116 valence electrons. The highest BCUT2D eigenvalue weighted by Crippen LogP contribution is 2.29. The Balaban J connectivity index is 2.01. The summed E-state index contributed by atoms with van der Waals surface area (Å²) in [5.41, 5.74) is 0.794. The molecular weight excluding hydrogens is 360 g/mol. The van der Waals surface area contributed by atoms with E-state index in [1.54, 1.807) is 36.4 Å². The third kappa shape index (κ3) is 3.19. The normalized spacial score (nSPS) is 10.7. The highest BCUT2D eigenvalue weighted by Gasteiger charge is 2.13. The Morgan fingerprint density at radius 1 is 1.17 bits per heavy atom. The van der Waals surface area contributed by atoms with Gasteiger partial charge in [0.05, 0.1) is 23.4 Å². The van der Waals surface area contributed by atoms with Crippen molar-refractivity contribution in [1.82, 2.24) is 0 Å². The van der Waals surface area contributed by atoms with Gasteiger partial charge >= 0.3 is 0 Å². The summed E-state index contributed by atoms with van der Waals surface area (Å²) in [5, 5.41) is 0.439. The molecule has 0 aliphatic rings. The summed E-state index contributed by atoms with van der Waals surface area (Å²) in [6.07, 6.45) is 0.0353. The molecule has 3 rings (SSSR count). The number of hydrogen-bond donors (Lipinski definition) is 0. The van der Waals surface area contributed by atoms with Gasteiger partial charge in [0, 0.05) is 17.7 Å². The Morgan fingerprint density at radius 2 is 1.91 bits per heavy atom. The fourth-order valence-corrected chi connectivity index (χ4v) is 2.84. The molecule has 0 atom stereocenters. The smallest absolute Gasteiger partial charge is 0.193 e. The van der Waals surface area contributed by atoms with Crippen molar-refractivity contribution >= 4 is 32.7 Å². The maximum atomic E-state index is 12.2. The number of ether oxygens (including phenoxy) is 1. The second-order valence-corrected chi connectivity index (χ2v) is 5.88. The van der Waals surface area contributed by atoms with Crippen LogP contribution in [-0.4, -0.2) is 12.9 Å². The summed E-state index contributed by atoms with van der Waals surface area (Å²) < 4.78 is 11.6. The Labute approximate surface area is 140 Å². The fraction of sp³-hybridized carbons (Fsp3) is 0.111. The van der Waals surface area contributed by atoms with Gasteiger partial charge in [-0.25, -0.2) is 0 Å². The van der Waals surface area contributed by atoms with E-state index in [9.17, 15) is 9.59 Å². The third-order valence-corrected chi connectivity index (χ3v) is 4.10. The lowest BCUT2D eigenvalue weighted by Gasteiger charge is -2.06. The van der Waals surface area contributed by atoms with Crippen LogP contribution in [0.25, 0.3) is 11.0 Å². The summed E-state index contributed by atoms with van der Waals surface area (Å²) >= 11 is 3.34. The summed E-state index contributed by atoms with van der Waals surface area (Å²) in [7, 11) is 1.53. The van der Waals surface area contributed by atoms with Crippen molar-refractivity contribution in [2.75, 3.05) is 7.11 Å². The van der Waals surface area contributed by atoms with Gasteiger partial charge in [-0.1, -0.05) is 30.3 Å². The maximum absolute atomic E-state index is 12.2. The molecule has 1 heterocycles. The van der Waals surface area contributed by atoms with Gasteiger partial charge < -0.3 is 9.15 Å². The summed E-state index contributed by atoms with van der Waals surface area (Å²) in [6, 6.07) is 13.6. The van der Waals surface area contributed by atoms with E-state index in [0.717, 1.165) is 0 Å². The molecule has 0 saturated heterocycles. The molecule has 0 unspecified atom stereocenters. The Hall–Kier alpha value is -2.40. The molecule has 0 bridgehead atoms. The highest BCUT2D eigenvalue weighted by atomic mass is 79.9. The molecule has 3 aromatic rings. The van der Waals surface area contributed by atoms with Gasteiger partial charge in [0.25, 0.3) is 0 Å². The van der Waals surface area contributed by atoms with Gasteiger partial charge in [0.1, 0.15) is 17.1 Å². The average Bonchev–Trinajstić information content (AvgIpc) is 2.56. The number of benzene rings is 2. The number of halogens is 1. The zero-order chi connectivity index (χ0) is 16.4. The first kappa shape index (κ1) is 15.5. The van der Waals surface area contributed by atoms with Crippen LogP contribution in [0.3, 0.4) is 0 Å². The first-order valence-corrected chi connectivity index (χ1v) is 7.76. The Kier molecular flexibility index (Phi) is 4.30. The Bertz CT molecular complexity index is 929. The molecule has 0 amide bonds. The van der Waals surface area contributed by atoms with E-state index >= 15 is 0 Å². The molecular formula is C18H13BrO4. The van der Waals surface area contributed by atoms with Gasteiger partial charge in [0.2, 0.25) is 0 Å². The third-order valence-electron chi connectivity index (χ3n) is 3.48. The van der Waals surface area contributed by atoms with Crippen molar-refractivity contribution < 1.29 is 13.9 Å². The predicted molar refractivity (Wildman–Crippen MR) is 91.2 cm³/mol. The van der Waals surface area contributed by atoms with Crippen molar-refractivity contribution in [2.45, 2.75) is 6.42 Å². The number of carbonyl (C=O) groups is 1. The number of hydrogen-bond acceptors (Lipinski definition) is 4. The van der Waals surface area contributed by atoms with E-state index in [-0.39, 0.29) is 17.6 Å². The summed E-state index contributed by atoms with van der Waals surface area (Å²) in [5.74, 6) is 0.796. The van der Waals surface area contributed by atoms with Crippen LogP contribution in [0.1, 0.15) is 16.1 Å². The number of ketones is 1. The van der Waals surface area contributed by atoms with Crippen molar-refractivity contribution in [1.29, 1.82) is 0 Å². The fourth-order valence-electron chi connectivity index (χ4n) is 2.33. The van der Waals surface area contributed by atoms with Crippen molar-refractivity contribution in [3.63, 3.8) is 0 Å². The van der Waals surface area contributed by atoms with Crippen LogP contribution in [0.5, 0.6) is 5.75 Å². The Morgan fingerprint density at radius 3 is 2.61 bits per heavy atom. The molecule has 0 radical (unpaired) electrons. The van der Waals surface area contributed by atoms with Gasteiger partial charge in [-0.05, 0) is 22.0 Å². The van der Waals surface area contributed by atoms with E-state index in [1.807, 2.05) is 6.07 Å². The quantitative estimate of drug-likeness (QED) is 0.649. The summed E-state index contributed by atoms with van der Waals surface area (Å²) in [6.45, 7) is 0. The molecule has 0 saturated carbocycles. The molecule has 5 heteroatoms. The number of fused-ring (bicyclic) bond motifs is 1. The first-order chi connectivity index (χ1) is 11.1. The molecule has 0 aliphatic carbocycles. The lowest BCUT2D eigenvalue weighted by Crippen LogP contribution is -2.08. The number of Topliss-reactive ketones (excluding diaryl/α,β-unsaturated/α-hetero) is 1. The molecule has 0 aliphatic heterocycles. The molecule has 4 nitrogen and oxygen atoms in total. The lowest BCUT2D eigenvalue weighted by molar-refractivity contribution is 0.0987. The first-order valence-electron chi connectivity index (χ1n) is 6.97. The van der Waals surface area contributed by atoms with Crippen molar-refractivity contribution in [3.8, 4) is 5.75 Å². The van der Waals surface area contributed by atoms with Crippen molar-refractivity contribution in [3.05, 3.63) is 74.6 Å². The molecule has 0 spiro atoms. The highest BCUT2D eigenvalue weighted by molar-refractivity contribution is 9.10. The average molecular weight is 373 g/mol. The number of carbonyl (C=O) groups excluding carboxylic acids is 1. The van der Waals surface area contributed by atoms with Gasteiger partial charge in [0.15, 0.2) is 11.2 Å². The topological polar surface area (TPSA) is 56.5 Å². The largest absolute Gasteiger partial charge is 0.495 e. The predicted octanol–water partition coefficient (Wildman–Crippen LogP) is 3.99. The minimum atomic E-state index is -0.189. The van der Waals surface area contributed by atoms with Crippen LogP contribution in [0.15, 0.2) is 62.2 Å². The molecule has 0 fully saturated rings. The monoisotopic (exact) mass is 372 g/mol. The SMILES string of the molecule is COc1cc2oc(CC(=O)c3ccccc3)cc(=O)c2cc1Br. The van der Waals surface area contributed by atoms with Crippen LogP contribution in [0.2, 0.25) is 0 Å². The zero-order valence-electron chi connectivity index (χ0n) is 12.3. The van der Waals surface area contributed by atoms with Gasteiger partial charge in [-0.3, -0.25) is 9.59 Å². The molecule has 0 N–H and O–H groups in total. The number of methoxy groups -OCH3 is 1. The standard InChI is InChI=1S/C18H13BrO4/c1-22-18-10-17-13(9-14(18)19)16(21)8-12(23-17)7-15(20)11-5-3-2-4-6-11/h2-6,8-10H,7H2,1H3. The second-order valence-electron chi connectivity index (χ2n) is 5.03. The van der Waals surface area contributed by atoms with Gasteiger partial charge in [-0.2, -0.15) is 0 Å². The zero-order valence-corrected chi connectivity index (χ0v) is 13.9. The lowest BCUT2D eigenvalue weighted by atomic mass is 10.1.